The van der Waals surface area contributed by atoms with E-state index in [-0.39, 0.29) is 4.47 Å². The molecule has 0 saturated carbocycles. The molecule has 1 aromatic rings. The van der Waals surface area contributed by atoms with E-state index in [4.69, 9.17) is 0 Å². The van der Waals surface area contributed by atoms with E-state index in [2.05, 4.69) is 15.9 Å². The lowest BCUT2D eigenvalue weighted by atomic mass is 10.2. The summed E-state index contributed by atoms with van der Waals surface area (Å²) in [6, 6.07) is 2.53. The molecule has 0 fully saturated rings. The van der Waals surface area contributed by atoms with Crippen LogP contribution in [-0.4, -0.2) is 0 Å². The molecule has 12 heavy (non-hydrogen) atoms. The van der Waals surface area contributed by atoms with Crippen molar-refractivity contribution >= 4 is 38.5 Å². The van der Waals surface area contributed by atoms with E-state index < -0.39 is 17.8 Å². The summed E-state index contributed by atoms with van der Waals surface area (Å²) in [7, 11) is 0. The third kappa shape index (κ3) is 1.93. The van der Waals surface area contributed by atoms with Crippen LogP contribution in [0.3, 0.4) is 0 Å². The smallest absolute Gasteiger partial charge is 0.205 e. The first-order chi connectivity index (χ1) is 5.54. The fraction of sp³-hybridized carbons (Fsp3) is 0.143. The van der Waals surface area contributed by atoms with E-state index in [1.807, 2.05) is 22.6 Å². The molecule has 0 saturated heterocycles. The number of benzene rings is 1. The van der Waals surface area contributed by atoms with Crippen LogP contribution >= 0.6 is 38.5 Å². The van der Waals surface area contributed by atoms with Crippen molar-refractivity contribution in [2.45, 2.75) is 6.43 Å². The molecule has 0 aliphatic heterocycles. The van der Waals surface area contributed by atoms with Gasteiger partial charge in [-0.15, -0.1) is 0 Å². The first-order valence-corrected chi connectivity index (χ1v) is 4.82. The SMILES string of the molecule is Fc1c(C(F)F)ccc(I)c1Br. The third-order valence-electron chi connectivity index (χ3n) is 1.30. The third-order valence-corrected chi connectivity index (χ3v) is 3.72. The van der Waals surface area contributed by atoms with Crippen molar-refractivity contribution in [3.63, 3.8) is 0 Å². The number of halogens is 5. The minimum atomic E-state index is -2.77. The van der Waals surface area contributed by atoms with Gasteiger partial charge < -0.3 is 0 Å². The molecule has 0 aliphatic carbocycles. The Kier molecular flexibility index (Phi) is 3.39. The van der Waals surface area contributed by atoms with Crippen LogP contribution in [0.25, 0.3) is 0 Å². The van der Waals surface area contributed by atoms with E-state index in [0.717, 1.165) is 6.07 Å². The van der Waals surface area contributed by atoms with Gasteiger partial charge in [0.1, 0.15) is 5.82 Å². The van der Waals surface area contributed by atoms with Gasteiger partial charge in [0.2, 0.25) is 0 Å². The number of hydrogen-bond donors (Lipinski definition) is 0. The van der Waals surface area contributed by atoms with E-state index in [9.17, 15) is 13.2 Å². The molecule has 0 nitrogen and oxygen atoms in total. The molecule has 0 bridgehead atoms. The van der Waals surface area contributed by atoms with Crippen LogP contribution in [-0.2, 0) is 0 Å². The lowest BCUT2D eigenvalue weighted by molar-refractivity contribution is 0.146. The number of rotatable bonds is 1. The van der Waals surface area contributed by atoms with Gasteiger partial charge in [-0.05, 0) is 50.7 Å². The summed E-state index contributed by atoms with van der Waals surface area (Å²) in [5.74, 6) is -0.878. The zero-order chi connectivity index (χ0) is 9.30. The molecule has 0 spiro atoms. The lowest BCUT2D eigenvalue weighted by Crippen LogP contribution is -1.93. The van der Waals surface area contributed by atoms with Crippen LogP contribution in [0, 0.1) is 9.39 Å². The molecule has 0 heterocycles. The Morgan fingerprint density at radius 2 is 1.92 bits per heavy atom. The van der Waals surface area contributed by atoms with Gasteiger partial charge in [0.05, 0.1) is 10.0 Å². The normalized spacial score (nSPS) is 10.8. The van der Waals surface area contributed by atoms with Crippen LogP contribution in [0.15, 0.2) is 16.6 Å². The zero-order valence-electron chi connectivity index (χ0n) is 5.62. The Balaban J connectivity index is 3.27. The molecule has 0 aliphatic rings. The molecule has 5 heteroatoms. The van der Waals surface area contributed by atoms with Crippen LogP contribution < -0.4 is 0 Å². The van der Waals surface area contributed by atoms with Crippen molar-refractivity contribution in [3.05, 3.63) is 31.6 Å². The van der Waals surface area contributed by atoms with Crippen LogP contribution in [0.2, 0.25) is 0 Å². The van der Waals surface area contributed by atoms with Crippen LogP contribution in [0.4, 0.5) is 13.2 Å². The number of hydrogen-bond acceptors (Lipinski definition) is 0. The molecule has 0 unspecified atom stereocenters. The average molecular weight is 351 g/mol. The second-order valence-electron chi connectivity index (χ2n) is 2.07. The summed E-state index contributed by atoms with van der Waals surface area (Å²) in [5.41, 5.74) is -0.567. The van der Waals surface area contributed by atoms with Crippen molar-refractivity contribution in [3.8, 4) is 0 Å². The highest BCUT2D eigenvalue weighted by atomic mass is 127. The Bertz CT molecular complexity index is 301. The minimum Gasteiger partial charge on any atom is -0.205 e. The Morgan fingerprint density at radius 3 is 2.42 bits per heavy atom. The summed E-state index contributed by atoms with van der Waals surface area (Å²) in [4.78, 5) is 0. The second-order valence-corrected chi connectivity index (χ2v) is 4.02. The second kappa shape index (κ2) is 3.95. The molecule has 1 aromatic carbocycles. The largest absolute Gasteiger partial charge is 0.266 e. The van der Waals surface area contributed by atoms with Gasteiger partial charge in [0.15, 0.2) is 0 Å². The lowest BCUT2D eigenvalue weighted by Gasteiger charge is -2.04. The highest BCUT2D eigenvalue weighted by Gasteiger charge is 2.16. The van der Waals surface area contributed by atoms with Crippen molar-refractivity contribution in [1.82, 2.24) is 0 Å². The van der Waals surface area contributed by atoms with Gasteiger partial charge in [0.25, 0.3) is 6.43 Å². The summed E-state index contributed by atoms with van der Waals surface area (Å²) in [5, 5.41) is 0. The molecular weight excluding hydrogens is 348 g/mol. The Labute approximate surface area is 89.4 Å². The van der Waals surface area contributed by atoms with Crippen molar-refractivity contribution < 1.29 is 13.2 Å². The summed E-state index contributed by atoms with van der Waals surface area (Å²) in [6.07, 6.45) is -2.77. The highest BCUT2D eigenvalue weighted by molar-refractivity contribution is 14.1. The monoisotopic (exact) mass is 350 g/mol. The maximum Gasteiger partial charge on any atom is 0.266 e. The topological polar surface area (TPSA) is 0 Å². The van der Waals surface area contributed by atoms with Crippen LogP contribution in [0.1, 0.15) is 12.0 Å². The summed E-state index contributed by atoms with van der Waals surface area (Å²) in [6.45, 7) is 0. The maximum absolute atomic E-state index is 13.0. The van der Waals surface area contributed by atoms with E-state index in [1.165, 1.54) is 6.07 Å². The van der Waals surface area contributed by atoms with Crippen LogP contribution in [0.5, 0.6) is 0 Å². The van der Waals surface area contributed by atoms with E-state index in [1.54, 1.807) is 0 Å². The molecule has 0 atom stereocenters. The number of alkyl halides is 2. The quantitative estimate of drug-likeness (QED) is 0.527. The highest BCUT2D eigenvalue weighted by Crippen LogP contribution is 2.30. The van der Waals surface area contributed by atoms with Crippen molar-refractivity contribution in [1.29, 1.82) is 0 Å². The van der Waals surface area contributed by atoms with Gasteiger partial charge in [-0.2, -0.15) is 0 Å². The average Bonchev–Trinajstić information content (AvgIpc) is 2.00. The predicted octanol–water partition coefficient (Wildman–Crippen LogP) is 4.13. The summed E-state index contributed by atoms with van der Waals surface area (Å²) >= 11 is 4.74. The molecule has 0 amide bonds. The Morgan fingerprint density at radius 1 is 1.33 bits per heavy atom. The predicted molar refractivity (Wildman–Crippen MR) is 51.8 cm³/mol. The molecule has 0 aromatic heterocycles. The first kappa shape index (κ1) is 10.3. The van der Waals surface area contributed by atoms with Crippen molar-refractivity contribution in [2.24, 2.45) is 0 Å². The fourth-order valence-electron chi connectivity index (χ4n) is 0.709. The van der Waals surface area contributed by atoms with Crippen molar-refractivity contribution in [2.75, 3.05) is 0 Å². The first-order valence-electron chi connectivity index (χ1n) is 2.95. The standard InChI is InChI=1S/C7H3BrF3I/c8-5-4(12)2-1-3(6(5)9)7(10)11/h1-2,7H. The van der Waals surface area contributed by atoms with Gasteiger partial charge in [0, 0.05) is 3.57 Å². The van der Waals surface area contributed by atoms with E-state index >= 15 is 0 Å². The van der Waals surface area contributed by atoms with Gasteiger partial charge in [-0.3, -0.25) is 0 Å². The van der Waals surface area contributed by atoms with Gasteiger partial charge in [-0.1, -0.05) is 0 Å². The minimum absolute atomic E-state index is 0.0981. The molecular formula is C7H3BrF3I. The molecule has 66 valence electrons. The molecule has 1 rings (SSSR count). The fourth-order valence-corrected chi connectivity index (χ4v) is 1.49. The molecule has 0 N–H and O–H groups in total. The van der Waals surface area contributed by atoms with E-state index in [0.29, 0.717) is 3.57 Å². The zero-order valence-corrected chi connectivity index (χ0v) is 9.37. The summed E-state index contributed by atoms with van der Waals surface area (Å²) < 4.78 is 37.8. The Hall–Kier alpha value is 0.220. The van der Waals surface area contributed by atoms with Gasteiger partial charge in [-0.25, -0.2) is 13.2 Å². The van der Waals surface area contributed by atoms with Gasteiger partial charge >= 0.3 is 0 Å². The molecule has 0 radical (unpaired) electrons. The maximum atomic E-state index is 13.0.